The Kier molecular flexibility index (Phi) is 6.26. The van der Waals surface area contributed by atoms with Crippen molar-refractivity contribution in [2.75, 3.05) is 34.9 Å². The summed E-state index contributed by atoms with van der Waals surface area (Å²) in [5.41, 5.74) is 0.703. The van der Waals surface area contributed by atoms with Crippen molar-refractivity contribution >= 4 is 18.0 Å². The van der Waals surface area contributed by atoms with E-state index in [9.17, 15) is 9.59 Å². The summed E-state index contributed by atoms with van der Waals surface area (Å²) in [7, 11) is 6.27. The van der Waals surface area contributed by atoms with Crippen LogP contribution in [0.3, 0.4) is 0 Å². The number of amides is 1. The average molecular weight is 293 g/mol. The van der Waals surface area contributed by atoms with Crippen LogP contribution in [0.5, 0.6) is 11.5 Å². The first-order valence-electron chi connectivity index (χ1n) is 6.25. The van der Waals surface area contributed by atoms with Crippen molar-refractivity contribution < 1.29 is 23.8 Å². The lowest BCUT2D eigenvalue weighted by Crippen LogP contribution is -2.27. The van der Waals surface area contributed by atoms with E-state index in [0.717, 1.165) is 0 Å². The number of esters is 1. The second-order valence-electron chi connectivity index (χ2n) is 4.34. The highest BCUT2D eigenvalue weighted by Gasteiger charge is 2.07. The molecule has 0 saturated carbocycles. The van der Waals surface area contributed by atoms with Gasteiger partial charge in [0.1, 0.15) is 11.5 Å². The maximum atomic E-state index is 11.5. The van der Waals surface area contributed by atoms with E-state index in [1.165, 1.54) is 18.1 Å². The highest BCUT2D eigenvalue weighted by Crippen LogP contribution is 2.25. The molecule has 0 aliphatic heterocycles. The second-order valence-corrected chi connectivity index (χ2v) is 4.34. The van der Waals surface area contributed by atoms with Crippen molar-refractivity contribution in [1.29, 1.82) is 0 Å². The SMILES string of the molecule is COc1ccc(/C=C/C(=O)OCC(=O)N(C)C)c(OC)c1. The van der Waals surface area contributed by atoms with Crippen LogP contribution in [0, 0.1) is 0 Å². The van der Waals surface area contributed by atoms with Gasteiger partial charge in [-0.05, 0) is 18.2 Å². The number of nitrogens with zero attached hydrogens (tertiary/aromatic N) is 1. The molecule has 0 bridgehead atoms. The molecule has 0 spiro atoms. The molecule has 0 radical (unpaired) electrons. The fraction of sp³-hybridized carbons (Fsp3) is 0.333. The fourth-order valence-corrected chi connectivity index (χ4v) is 1.42. The van der Waals surface area contributed by atoms with Crippen LogP contribution in [-0.2, 0) is 14.3 Å². The highest BCUT2D eigenvalue weighted by molar-refractivity contribution is 5.89. The van der Waals surface area contributed by atoms with Gasteiger partial charge in [-0.2, -0.15) is 0 Å². The molecular formula is C15H19NO5. The lowest BCUT2D eigenvalue weighted by molar-refractivity contribution is -0.146. The van der Waals surface area contributed by atoms with E-state index in [0.29, 0.717) is 17.1 Å². The predicted octanol–water partition coefficient (Wildman–Crippen LogP) is 1.35. The predicted molar refractivity (Wildman–Crippen MR) is 78.2 cm³/mol. The molecule has 0 aliphatic rings. The zero-order valence-electron chi connectivity index (χ0n) is 12.6. The molecule has 6 nitrogen and oxygen atoms in total. The van der Waals surface area contributed by atoms with Gasteiger partial charge in [-0.25, -0.2) is 4.79 Å². The second kappa shape index (κ2) is 7.94. The minimum Gasteiger partial charge on any atom is -0.497 e. The average Bonchev–Trinajstić information content (AvgIpc) is 2.49. The number of hydrogen-bond acceptors (Lipinski definition) is 5. The summed E-state index contributed by atoms with van der Waals surface area (Å²) >= 11 is 0. The first-order chi connectivity index (χ1) is 9.97. The fourth-order valence-electron chi connectivity index (χ4n) is 1.42. The van der Waals surface area contributed by atoms with Crippen molar-refractivity contribution in [3.63, 3.8) is 0 Å². The number of benzene rings is 1. The Labute approximate surface area is 123 Å². The van der Waals surface area contributed by atoms with Crippen molar-refractivity contribution in [1.82, 2.24) is 4.90 Å². The lowest BCUT2D eigenvalue weighted by Gasteiger charge is -2.09. The molecule has 0 saturated heterocycles. The molecule has 6 heteroatoms. The third-order valence-electron chi connectivity index (χ3n) is 2.68. The van der Waals surface area contributed by atoms with Crippen LogP contribution in [0.1, 0.15) is 5.56 Å². The molecule has 1 rings (SSSR count). The topological polar surface area (TPSA) is 65.1 Å². The summed E-state index contributed by atoms with van der Waals surface area (Å²) in [5, 5.41) is 0. The number of carbonyl (C=O) groups is 2. The van der Waals surface area contributed by atoms with Crippen molar-refractivity contribution in [3.05, 3.63) is 29.8 Å². The van der Waals surface area contributed by atoms with Gasteiger partial charge in [0, 0.05) is 31.8 Å². The number of ether oxygens (including phenoxy) is 3. The standard InChI is InChI=1S/C15H19NO5/c1-16(2)14(17)10-21-15(18)8-6-11-5-7-12(19-3)9-13(11)20-4/h5-9H,10H2,1-4H3/b8-6+. The van der Waals surface area contributed by atoms with E-state index in [-0.39, 0.29) is 12.5 Å². The van der Waals surface area contributed by atoms with Gasteiger partial charge in [0.25, 0.3) is 5.91 Å². The summed E-state index contributed by atoms with van der Waals surface area (Å²) in [6, 6.07) is 5.22. The van der Waals surface area contributed by atoms with Gasteiger partial charge < -0.3 is 19.1 Å². The molecule has 21 heavy (non-hydrogen) atoms. The third kappa shape index (κ3) is 5.18. The lowest BCUT2D eigenvalue weighted by atomic mass is 10.2. The maximum absolute atomic E-state index is 11.5. The quantitative estimate of drug-likeness (QED) is 0.585. The Morgan fingerprint density at radius 1 is 1.19 bits per heavy atom. The molecule has 0 heterocycles. The molecule has 0 N–H and O–H groups in total. The summed E-state index contributed by atoms with van der Waals surface area (Å²) < 4.78 is 15.1. The Bertz CT molecular complexity index is 537. The van der Waals surface area contributed by atoms with Crippen LogP contribution in [0.2, 0.25) is 0 Å². The maximum Gasteiger partial charge on any atom is 0.331 e. The first-order valence-corrected chi connectivity index (χ1v) is 6.25. The van der Waals surface area contributed by atoms with Crippen LogP contribution in [0.15, 0.2) is 24.3 Å². The van der Waals surface area contributed by atoms with Gasteiger partial charge in [-0.1, -0.05) is 0 Å². The Morgan fingerprint density at radius 2 is 1.90 bits per heavy atom. The van der Waals surface area contributed by atoms with Crippen LogP contribution in [-0.4, -0.2) is 51.7 Å². The van der Waals surface area contributed by atoms with Gasteiger partial charge in [0.05, 0.1) is 14.2 Å². The van der Waals surface area contributed by atoms with Gasteiger partial charge in [-0.15, -0.1) is 0 Å². The van der Waals surface area contributed by atoms with Crippen molar-refractivity contribution in [2.45, 2.75) is 0 Å². The number of carbonyl (C=O) groups excluding carboxylic acids is 2. The largest absolute Gasteiger partial charge is 0.497 e. The monoisotopic (exact) mass is 293 g/mol. The van der Waals surface area contributed by atoms with Crippen molar-refractivity contribution in [3.8, 4) is 11.5 Å². The summed E-state index contributed by atoms with van der Waals surface area (Å²) in [6.45, 7) is -0.282. The third-order valence-corrected chi connectivity index (χ3v) is 2.68. The van der Waals surface area contributed by atoms with Crippen molar-refractivity contribution in [2.24, 2.45) is 0 Å². The van der Waals surface area contributed by atoms with E-state index in [2.05, 4.69) is 0 Å². The number of hydrogen-bond donors (Lipinski definition) is 0. The van der Waals surface area contributed by atoms with E-state index < -0.39 is 5.97 Å². The van der Waals surface area contributed by atoms with E-state index in [1.54, 1.807) is 45.5 Å². The summed E-state index contributed by atoms with van der Waals surface area (Å²) in [6.07, 6.45) is 2.80. The molecule has 114 valence electrons. The first kappa shape index (κ1) is 16.6. The highest BCUT2D eigenvalue weighted by atomic mass is 16.5. The minimum absolute atomic E-state index is 0.279. The molecule has 0 atom stereocenters. The molecule has 1 amide bonds. The Hall–Kier alpha value is -2.50. The molecule has 0 unspecified atom stereocenters. The van der Waals surface area contributed by atoms with Crippen LogP contribution in [0.25, 0.3) is 6.08 Å². The van der Waals surface area contributed by atoms with Crippen LogP contribution >= 0.6 is 0 Å². The zero-order valence-corrected chi connectivity index (χ0v) is 12.6. The molecule has 0 fully saturated rings. The van der Waals surface area contributed by atoms with Gasteiger partial charge in [0.15, 0.2) is 6.61 Å². The zero-order chi connectivity index (χ0) is 15.8. The normalized spacial score (nSPS) is 10.3. The van der Waals surface area contributed by atoms with E-state index in [1.807, 2.05) is 0 Å². The van der Waals surface area contributed by atoms with Gasteiger partial charge in [-0.3, -0.25) is 4.79 Å². The minimum atomic E-state index is -0.594. The molecular weight excluding hydrogens is 274 g/mol. The van der Waals surface area contributed by atoms with Gasteiger partial charge >= 0.3 is 5.97 Å². The Morgan fingerprint density at radius 3 is 2.48 bits per heavy atom. The number of likely N-dealkylation sites (N-methyl/N-ethyl adjacent to an activating group) is 1. The van der Waals surface area contributed by atoms with Gasteiger partial charge in [0.2, 0.25) is 0 Å². The Balaban J connectivity index is 2.67. The van der Waals surface area contributed by atoms with Crippen LogP contribution < -0.4 is 9.47 Å². The van der Waals surface area contributed by atoms with Crippen LogP contribution in [0.4, 0.5) is 0 Å². The molecule has 1 aromatic rings. The smallest absolute Gasteiger partial charge is 0.331 e. The molecule has 0 aliphatic carbocycles. The summed E-state index contributed by atoms with van der Waals surface area (Å²) in [5.74, 6) is 0.354. The number of rotatable bonds is 6. The van der Waals surface area contributed by atoms with E-state index >= 15 is 0 Å². The summed E-state index contributed by atoms with van der Waals surface area (Å²) in [4.78, 5) is 24.2. The molecule has 1 aromatic carbocycles. The number of methoxy groups -OCH3 is 2. The van der Waals surface area contributed by atoms with E-state index in [4.69, 9.17) is 14.2 Å². The molecule has 0 aromatic heterocycles.